The molecule has 2 aliphatic rings. The molecule has 130 valence electrons. The molecule has 3 rings (SSSR count). The monoisotopic (exact) mass is 337 g/mol. The van der Waals surface area contributed by atoms with Crippen molar-refractivity contribution in [2.75, 3.05) is 33.2 Å². The van der Waals surface area contributed by atoms with Crippen molar-refractivity contribution in [3.05, 3.63) is 46.9 Å². The largest absolute Gasteiger partial charge is 0.504 e. The van der Waals surface area contributed by atoms with Crippen LogP contribution < -0.4 is 16.8 Å². The summed E-state index contributed by atoms with van der Waals surface area (Å²) in [6.45, 7) is 3.23. The Balaban J connectivity index is 1.97. The lowest BCUT2D eigenvalue weighted by molar-refractivity contribution is 0.114. The summed E-state index contributed by atoms with van der Waals surface area (Å²) in [5.41, 5.74) is 12.7. The van der Waals surface area contributed by atoms with Gasteiger partial charge < -0.3 is 31.7 Å². The van der Waals surface area contributed by atoms with E-state index in [0.717, 1.165) is 25.7 Å². The zero-order chi connectivity index (χ0) is 17.4. The molecule has 0 aromatic heterocycles. The summed E-state index contributed by atoms with van der Waals surface area (Å²) in [5.74, 6) is -2.08. The van der Waals surface area contributed by atoms with E-state index in [1.165, 1.54) is 0 Å². The van der Waals surface area contributed by atoms with E-state index in [1.54, 1.807) is 6.08 Å². The van der Waals surface area contributed by atoms with Gasteiger partial charge >= 0.3 is 0 Å². The molecule has 0 spiro atoms. The molecule has 0 aliphatic carbocycles. The Bertz CT molecular complexity index is 719. The second kappa shape index (κ2) is 6.20. The van der Waals surface area contributed by atoms with Crippen LogP contribution in [0.15, 0.2) is 29.7 Å². The topological polar surface area (TPSA) is 90.8 Å². The van der Waals surface area contributed by atoms with Gasteiger partial charge in [-0.05, 0) is 19.2 Å². The second-order valence-corrected chi connectivity index (χ2v) is 6.17. The standard InChI is InChI=1S/C16H21F2N5O/c1-22-2-3-23-10(8-22)7-21-16(20)14(23)6-13(19)11-4-9(17)5-12(18)15(11)24/h4-6,10,21,24H,2-3,7-8,19-20H2,1H3/b13-6-. The van der Waals surface area contributed by atoms with Crippen molar-refractivity contribution in [2.45, 2.75) is 6.04 Å². The van der Waals surface area contributed by atoms with E-state index in [1.807, 2.05) is 0 Å². The molecule has 0 radical (unpaired) electrons. The minimum atomic E-state index is -1.05. The third kappa shape index (κ3) is 2.96. The van der Waals surface area contributed by atoms with Crippen LogP contribution in [0.25, 0.3) is 5.70 Å². The number of benzene rings is 1. The molecule has 6 N–H and O–H groups in total. The lowest BCUT2D eigenvalue weighted by Gasteiger charge is -2.45. The predicted molar refractivity (Wildman–Crippen MR) is 87.4 cm³/mol. The predicted octanol–water partition coefficient (Wildman–Crippen LogP) is 0.317. The van der Waals surface area contributed by atoms with E-state index >= 15 is 0 Å². The van der Waals surface area contributed by atoms with Crippen molar-refractivity contribution in [3.63, 3.8) is 0 Å². The Labute approximate surface area is 139 Å². The lowest BCUT2D eigenvalue weighted by atomic mass is 10.1. The Morgan fingerprint density at radius 3 is 2.88 bits per heavy atom. The third-order valence-corrected chi connectivity index (χ3v) is 4.43. The van der Waals surface area contributed by atoms with Crippen LogP contribution in [0.5, 0.6) is 5.75 Å². The van der Waals surface area contributed by atoms with Gasteiger partial charge in [0, 0.05) is 43.5 Å². The van der Waals surface area contributed by atoms with Gasteiger partial charge in [0.05, 0.1) is 11.7 Å². The molecule has 2 heterocycles. The maximum absolute atomic E-state index is 13.5. The molecular weight excluding hydrogens is 316 g/mol. The van der Waals surface area contributed by atoms with E-state index in [2.05, 4.69) is 22.2 Å². The molecular formula is C16H21F2N5O. The van der Waals surface area contributed by atoms with Crippen molar-refractivity contribution in [1.82, 2.24) is 15.1 Å². The van der Waals surface area contributed by atoms with Crippen molar-refractivity contribution in [2.24, 2.45) is 11.5 Å². The van der Waals surface area contributed by atoms with Gasteiger partial charge in [-0.3, -0.25) is 0 Å². The lowest BCUT2D eigenvalue weighted by Crippen LogP contribution is -2.58. The fraction of sp³-hybridized carbons (Fsp3) is 0.375. The number of hydrogen-bond acceptors (Lipinski definition) is 6. The molecule has 1 fully saturated rings. The minimum absolute atomic E-state index is 0.0465. The summed E-state index contributed by atoms with van der Waals surface area (Å²) < 4.78 is 27.0. The number of aromatic hydroxyl groups is 1. The molecule has 0 bridgehead atoms. The Kier molecular flexibility index (Phi) is 4.23. The zero-order valence-corrected chi connectivity index (χ0v) is 13.4. The zero-order valence-electron chi connectivity index (χ0n) is 13.4. The van der Waals surface area contributed by atoms with Gasteiger partial charge in [-0.15, -0.1) is 0 Å². The van der Waals surface area contributed by atoms with Crippen molar-refractivity contribution in [1.29, 1.82) is 0 Å². The van der Waals surface area contributed by atoms with Crippen LogP contribution in [0.1, 0.15) is 5.56 Å². The molecule has 0 saturated carbocycles. The number of nitrogens with two attached hydrogens (primary N) is 2. The smallest absolute Gasteiger partial charge is 0.168 e. The molecule has 24 heavy (non-hydrogen) atoms. The van der Waals surface area contributed by atoms with Gasteiger partial charge in [0.25, 0.3) is 0 Å². The molecule has 1 saturated heterocycles. The summed E-state index contributed by atoms with van der Waals surface area (Å²) in [5, 5.41) is 12.9. The van der Waals surface area contributed by atoms with Gasteiger partial charge in [-0.2, -0.15) is 0 Å². The van der Waals surface area contributed by atoms with Gasteiger partial charge in [0.2, 0.25) is 0 Å². The first-order valence-corrected chi connectivity index (χ1v) is 7.71. The number of halogens is 2. The van der Waals surface area contributed by atoms with Crippen LogP contribution in [-0.2, 0) is 0 Å². The highest BCUT2D eigenvalue weighted by Crippen LogP contribution is 2.29. The van der Waals surface area contributed by atoms with E-state index in [4.69, 9.17) is 11.5 Å². The van der Waals surface area contributed by atoms with Crippen molar-refractivity contribution in [3.8, 4) is 5.75 Å². The highest BCUT2D eigenvalue weighted by Gasteiger charge is 2.31. The maximum atomic E-state index is 13.5. The number of piperazine rings is 1. The van der Waals surface area contributed by atoms with Crippen molar-refractivity contribution >= 4 is 5.70 Å². The average molecular weight is 337 g/mol. The van der Waals surface area contributed by atoms with Crippen LogP contribution in [-0.4, -0.2) is 54.2 Å². The second-order valence-electron chi connectivity index (χ2n) is 6.17. The van der Waals surface area contributed by atoms with E-state index in [9.17, 15) is 13.9 Å². The summed E-state index contributed by atoms with van der Waals surface area (Å²) in [4.78, 5) is 4.36. The first-order valence-electron chi connectivity index (χ1n) is 7.71. The molecule has 6 nitrogen and oxygen atoms in total. The van der Waals surface area contributed by atoms with Crippen LogP contribution in [0.3, 0.4) is 0 Å². The number of fused-ring (bicyclic) bond motifs is 1. The Morgan fingerprint density at radius 2 is 2.12 bits per heavy atom. The SMILES string of the molecule is CN1CCN2C(/C=C(\N)c3cc(F)cc(F)c3O)=C(N)NCC2C1. The van der Waals surface area contributed by atoms with E-state index < -0.39 is 17.4 Å². The summed E-state index contributed by atoms with van der Waals surface area (Å²) >= 11 is 0. The molecule has 8 heteroatoms. The molecule has 1 atom stereocenters. The van der Waals surface area contributed by atoms with Crippen molar-refractivity contribution < 1.29 is 13.9 Å². The average Bonchev–Trinajstić information content (AvgIpc) is 2.53. The summed E-state index contributed by atoms with van der Waals surface area (Å²) in [6.07, 6.45) is 1.55. The maximum Gasteiger partial charge on any atom is 0.168 e. The molecule has 0 amide bonds. The summed E-state index contributed by atoms with van der Waals surface area (Å²) in [7, 11) is 2.05. The number of phenols is 1. The van der Waals surface area contributed by atoms with Crippen LogP contribution in [0, 0.1) is 11.6 Å². The fourth-order valence-corrected chi connectivity index (χ4v) is 3.15. The van der Waals surface area contributed by atoms with E-state index in [-0.39, 0.29) is 17.3 Å². The van der Waals surface area contributed by atoms with Gasteiger partial charge in [-0.1, -0.05) is 0 Å². The first kappa shape index (κ1) is 16.4. The van der Waals surface area contributed by atoms with Gasteiger partial charge in [0.1, 0.15) is 11.6 Å². The highest BCUT2D eigenvalue weighted by atomic mass is 19.1. The van der Waals surface area contributed by atoms with E-state index in [0.29, 0.717) is 24.1 Å². The molecule has 2 aliphatic heterocycles. The van der Waals surface area contributed by atoms with Crippen LogP contribution in [0.2, 0.25) is 0 Å². The van der Waals surface area contributed by atoms with Crippen LogP contribution in [0.4, 0.5) is 8.78 Å². The number of nitrogens with zero attached hydrogens (tertiary/aromatic N) is 2. The molecule has 1 unspecified atom stereocenters. The molecule has 1 aromatic carbocycles. The molecule has 1 aromatic rings. The number of likely N-dealkylation sites (N-methyl/N-ethyl adjacent to an activating group) is 1. The van der Waals surface area contributed by atoms with Gasteiger partial charge in [0.15, 0.2) is 11.6 Å². The Morgan fingerprint density at radius 1 is 1.38 bits per heavy atom. The first-order chi connectivity index (χ1) is 11.4. The van der Waals surface area contributed by atoms with Gasteiger partial charge in [-0.25, -0.2) is 8.78 Å². The summed E-state index contributed by atoms with van der Waals surface area (Å²) in [6, 6.07) is 1.84. The quantitative estimate of drug-likeness (QED) is 0.621. The number of rotatable bonds is 2. The number of allylic oxidation sites excluding steroid dienone is 1. The highest BCUT2D eigenvalue weighted by molar-refractivity contribution is 5.70. The fourth-order valence-electron chi connectivity index (χ4n) is 3.15. The minimum Gasteiger partial charge on any atom is -0.504 e. The third-order valence-electron chi connectivity index (χ3n) is 4.43. The number of phenolic OH excluding ortho intramolecular Hbond substituents is 1. The normalized spacial score (nSPS) is 22.4. The number of hydrogen-bond donors (Lipinski definition) is 4. The Hall–Kier alpha value is -2.48. The number of nitrogens with one attached hydrogen (secondary N) is 1. The van der Waals surface area contributed by atoms with Crippen LogP contribution >= 0.6 is 0 Å².